The molecular weight excluding hydrogens is 274 g/mol. The van der Waals surface area contributed by atoms with Crippen LogP contribution in [0.3, 0.4) is 0 Å². The van der Waals surface area contributed by atoms with Crippen molar-refractivity contribution in [1.29, 1.82) is 5.41 Å². The third kappa shape index (κ3) is 3.02. The predicted octanol–water partition coefficient (Wildman–Crippen LogP) is 1.85. The van der Waals surface area contributed by atoms with E-state index in [9.17, 15) is 8.42 Å². The topological polar surface area (TPSA) is 96.0 Å². The van der Waals surface area contributed by atoms with Crippen molar-refractivity contribution < 1.29 is 8.42 Å². The Kier molecular flexibility index (Phi) is 4.15. The fourth-order valence-electron chi connectivity index (χ4n) is 2.60. The molecule has 1 aromatic rings. The highest BCUT2D eigenvalue weighted by Gasteiger charge is 2.40. The van der Waals surface area contributed by atoms with E-state index in [1.807, 2.05) is 0 Å². The maximum atomic E-state index is 12.4. The molecule has 0 aliphatic heterocycles. The van der Waals surface area contributed by atoms with E-state index in [1.165, 1.54) is 0 Å². The van der Waals surface area contributed by atoms with Gasteiger partial charge in [-0.2, -0.15) is 4.72 Å². The minimum absolute atomic E-state index is 0.0936. The van der Waals surface area contributed by atoms with Gasteiger partial charge in [0.05, 0.1) is 10.4 Å². The van der Waals surface area contributed by atoms with Gasteiger partial charge in [0, 0.05) is 0 Å². The van der Waals surface area contributed by atoms with Crippen LogP contribution in [0.25, 0.3) is 0 Å². The Bertz CT molecular complexity index is 576. The normalized spacial score (nSPS) is 27.1. The van der Waals surface area contributed by atoms with Crippen molar-refractivity contribution in [2.75, 3.05) is 0 Å². The van der Waals surface area contributed by atoms with Gasteiger partial charge in [-0.05, 0) is 43.7 Å². The van der Waals surface area contributed by atoms with Crippen molar-refractivity contribution in [3.63, 3.8) is 0 Å². The van der Waals surface area contributed by atoms with Crippen LogP contribution in [-0.4, -0.2) is 19.8 Å². The highest BCUT2D eigenvalue weighted by atomic mass is 32.2. The van der Waals surface area contributed by atoms with Crippen molar-refractivity contribution in [3.05, 3.63) is 30.3 Å². The van der Waals surface area contributed by atoms with Crippen molar-refractivity contribution in [1.82, 2.24) is 4.72 Å². The standard InChI is InChI=1S/C14H21N3O2S/c1-11-7-9-14(10-8-11,13(15)16)17-20(18,19)12-5-3-2-4-6-12/h2-6,11,17H,7-10H2,1H3,(H3,15,16). The molecule has 0 aromatic heterocycles. The number of nitrogens with one attached hydrogen (secondary N) is 2. The fourth-order valence-corrected chi connectivity index (χ4v) is 4.06. The second kappa shape index (κ2) is 5.54. The SMILES string of the molecule is CC1CCC(NS(=O)(=O)c2ccccc2)(C(=N)N)CC1. The average molecular weight is 295 g/mol. The number of rotatable bonds is 4. The van der Waals surface area contributed by atoms with E-state index in [2.05, 4.69) is 11.6 Å². The minimum Gasteiger partial charge on any atom is -0.386 e. The van der Waals surface area contributed by atoms with Crippen molar-refractivity contribution in [2.24, 2.45) is 11.7 Å². The van der Waals surface area contributed by atoms with Crippen LogP contribution >= 0.6 is 0 Å². The van der Waals surface area contributed by atoms with E-state index in [0.717, 1.165) is 12.8 Å². The van der Waals surface area contributed by atoms with Gasteiger partial charge >= 0.3 is 0 Å². The summed E-state index contributed by atoms with van der Waals surface area (Å²) in [5, 5.41) is 7.80. The summed E-state index contributed by atoms with van der Waals surface area (Å²) in [5.74, 6) is 0.451. The van der Waals surface area contributed by atoms with Crippen molar-refractivity contribution >= 4 is 15.9 Å². The van der Waals surface area contributed by atoms with Gasteiger partial charge in [0.25, 0.3) is 0 Å². The van der Waals surface area contributed by atoms with Gasteiger partial charge in [-0.15, -0.1) is 0 Å². The molecule has 5 nitrogen and oxygen atoms in total. The largest absolute Gasteiger partial charge is 0.386 e. The lowest BCUT2D eigenvalue weighted by Crippen LogP contribution is -2.58. The van der Waals surface area contributed by atoms with Crippen molar-refractivity contribution in [2.45, 2.75) is 43.0 Å². The smallest absolute Gasteiger partial charge is 0.241 e. The van der Waals surface area contributed by atoms with Crippen LogP contribution in [-0.2, 0) is 10.0 Å². The Morgan fingerprint density at radius 2 is 1.85 bits per heavy atom. The molecule has 0 spiro atoms. The second-order valence-electron chi connectivity index (χ2n) is 5.60. The Morgan fingerprint density at radius 3 is 2.35 bits per heavy atom. The first-order chi connectivity index (χ1) is 9.36. The Balaban J connectivity index is 2.27. The first-order valence-electron chi connectivity index (χ1n) is 6.79. The maximum absolute atomic E-state index is 12.4. The maximum Gasteiger partial charge on any atom is 0.241 e. The predicted molar refractivity (Wildman–Crippen MR) is 79.0 cm³/mol. The van der Waals surface area contributed by atoms with Crippen LogP contribution in [0.4, 0.5) is 0 Å². The summed E-state index contributed by atoms with van der Waals surface area (Å²) in [6.45, 7) is 2.13. The van der Waals surface area contributed by atoms with Crippen LogP contribution < -0.4 is 10.5 Å². The molecular formula is C14H21N3O2S. The van der Waals surface area contributed by atoms with E-state index in [0.29, 0.717) is 18.8 Å². The zero-order chi connectivity index (χ0) is 14.8. The quantitative estimate of drug-likeness (QED) is 0.584. The van der Waals surface area contributed by atoms with E-state index >= 15 is 0 Å². The summed E-state index contributed by atoms with van der Waals surface area (Å²) < 4.78 is 27.5. The third-order valence-electron chi connectivity index (χ3n) is 4.03. The Hall–Kier alpha value is -1.40. The second-order valence-corrected chi connectivity index (χ2v) is 7.28. The number of amidine groups is 1. The number of hydrogen-bond acceptors (Lipinski definition) is 3. The van der Waals surface area contributed by atoms with E-state index in [4.69, 9.17) is 11.1 Å². The first kappa shape index (κ1) is 15.0. The molecule has 1 saturated carbocycles. The van der Waals surface area contributed by atoms with Gasteiger partial charge in [-0.1, -0.05) is 25.1 Å². The van der Waals surface area contributed by atoms with Gasteiger partial charge in [0.2, 0.25) is 10.0 Å². The number of hydrogen-bond donors (Lipinski definition) is 3. The van der Waals surface area contributed by atoms with Crippen LogP contribution in [0.15, 0.2) is 35.2 Å². The van der Waals surface area contributed by atoms with Gasteiger partial charge in [-0.25, -0.2) is 8.42 Å². The zero-order valence-electron chi connectivity index (χ0n) is 11.6. The molecule has 20 heavy (non-hydrogen) atoms. The van der Waals surface area contributed by atoms with Crippen molar-refractivity contribution in [3.8, 4) is 0 Å². The molecule has 2 rings (SSSR count). The lowest BCUT2D eigenvalue weighted by Gasteiger charge is -2.38. The van der Waals surface area contributed by atoms with E-state index < -0.39 is 15.6 Å². The molecule has 6 heteroatoms. The van der Waals surface area contributed by atoms with Gasteiger partial charge in [-0.3, -0.25) is 5.41 Å². The minimum atomic E-state index is -3.65. The highest BCUT2D eigenvalue weighted by Crippen LogP contribution is 2.33. The summed E-state index contributed by atoms with van der Waals surface area (Å²) in [5.41, 5.74) is 4.76. The summed E-state index contributed by atoms with van der Waals surface area (Å²) >= 11 is 0. The van der Waals surface area contributed by atoms with Crippen LogP contribution in [0.2, 0.25) is 0 Å². The molecule has 0 unspecified atom stereocenters. The first-order valence-corrected chi connectivity index (χ1v) is 8.28. The fraction of sp³-hybridized carbons (Fsp3) is 0.500. The molecule has 1 fully saturated rings. The summed E-state index contributed by atoms with van der Waals surface area (Å²) in [7, 11) is -3.65. The monoisotopic (exact) mass is 295 g/mol. The highest BCUT2D eigenvalue weighted by molar-refractivity contribution is 7.89. The molecule has 0 atom stereocenters. The molecule has 0 bridgehead atoms. The summed E-state index contributed by atoms with van der Waals surface area (Å²) in [6.07, 6.45) is 2.90. The zero-order valence-corrected chi connectivity index (χ0v) is 12.4. The molecule has 0 saturated heterocycles. The molecule has 0 heterocycles. The van der Waals surface area contributed by atoms with Gasteiger partial charge in [0.15, 0.2) is 0 Å². The summed E-state index contributed by atoms with van der Waals surface area (Å²) in [6, 6.07) is 8.21. The Labute approximate surface area is 120 Å². The molecule has 4 N–H and O–H groups in total. The third-order valence-corrected chi connectivity index (χ3v) is 5.58. The number of benzene rings is 1. The van der Waals surface area contributed by atoms with E-state index in [-0.39, 0.29) is 10.7 Å². The molecule has 1 aliphatic carbocycles. The average Bonchev–Trinajstić information content (AvgIpc) is 2.42. The summed E-state index contributed by atoms with van der Waals surface area (Å²) in [4.78, 5) is 0.208. The van der Waals surface area contributed by atoms with E-state index in [1.54, 1.807) is 30.3 Å². The molecule has 0 amide bonds. The molecule has 110 valence electrons. The van der Waals surface area contributed by atoms with Crippen LogP contribution in [0.1, 0.15) is 32.6 Å². The number of nitrogens with two attached hydrogens (primary N) is 1. The molecule has 0 radical (unpaired) electrons. The van der Waals surface area contributed by atoms with Gasteiger partial charge < -0.3 is 5.73 Å². The van der Waals surface area contributed by atoms with Gasteiger partial charge in [0.1, 0.15) is 5.84 Å². The van der Waals surface area contributed by atoms with Crippen LogP contribution in [0, 0.1) is 11.3 Å². The molecule has 1 aromatic carbocycles. The molecule has 1 aliphatic rings. The number of sulfonamides is 1. The van der Waals surface area contributed by atoms with Crippen LogP contribution in [0.5, 0.6) is 0 Å². The lowest BCUT2D eigenvalue weighted by molar-refractivity contribution is 0.285. The lowest BCUT2D eigenvalue weighted by atomic mass is 9.77. The Morgan fingerprint density at radius 1 is 1.30 bits per heavy atom.